The van der Waals surface area contributed by atoms with Crippen LogP contribution in [0.2, 0.25) is 0 Å². The minimum absolute atomic E-state index is 0.0656. The van der Waals surface area contributed by atoms with Gasteiger partial charge in [0.25, 0.3) is 0 Å². The summed E-state index contributed by atoms with van der Waals surface area (Å²) < 4.78 is 11.1. The molecule has 0 aliphatic carbocycles. The van der Waals surface area contributed by atoms with E-state index in [2.05, 4.69) is 24.0 Å². The molecule has 7 heteroatoms. The van der Waals surface area contributed by atoms with Crippen LogP contribution in [-0.2, 0) is 11.3 Å². The maximum absolute atomic E-state index is 12.6. The van der Waals surface area contributed by atoms with Gasteiger partial charge in [-0.25, -0.2) is 0 Å². The van der Waals surface area contributed by atoms with Crippen LogP contribution in [-0.4, -0.2) is 42.4 Å². The van der Waals surface area contributed by atoms with Gasteiger partial charge in [-0.2, -0.15) is 0 Å². The molecule has 0 N–H and O–H groups in total. The van der Waals surface area contributed by atoms with Gasteiger partial charge in [0.15, 0.2) is 11.5 Å². The highest BCUT2D eigenvalue weighted by atomic mass is 16.6. The summed E-state index contributed by atoms with van der Waals surface area (Å²) >= 11 is 0. The number of benzene rings is 2. The van der Waals surface area contributed by atoms with Crippen molar-refractivity contribution in [3.8, 4) is 11.5 Å². The van der Waals surface area contributed by atoms with Crippen molar-refractivity contribution < 1.29 is 19.2 Å². The van der Waals surface area contributed by atoms with Crippen LogP contribution in [0.5, 0.6) is 11.5 Å². The van der Waals surface area contributed by atoms with Crippen LogP contribution in [0.15, 0.2) is 48.0 Å². The Morgan fingerprint density at radius 1 is 1.19 bits per heavy atom. The molecule has 0 aromatic heterocycles. The summed E-state index contributed by atoms with van der Waals surface area (Å²) in [4.78, 5) is 26.0. The Labute approximate surface area is 188 Å². The fourth-order valence-corrected chi connectivity index (χ4v) is 3.78. The van der Waals surface area contributed by atoms with E-state index in [-0.39, 0.29) is 17.2 Å². The maximum atomic E-state index is 12.6. The predicted octanol–water partition coefficient (Wildman–Crippen LogP) is 5.03. The summed E-state index contributed by atoms with van der Waals surface area (Å²) in [6.45, 7) is 4.41. The van der Waals surface area contributed by atoms with Crippen LogP contribution in [0.25, 0.3) is 6.08 Å². The molecule has 3 rings (SSSR count). The second-order valence-electron chi connectivity index (χ2n) is 7.92. The molecular formula is C25H30N2O5. The van der Waals surface area contributed by atoms with Crippen molar-refractivity contribution in [1.29, 1.82) is 0 Å². The number of nitro groups is 1. The van der Waals surface area contributed by atoms with Gasteiger partial charge in [0.1, 0.15) is 0 Å². The summed E-state index contributed by atoms with van der Waals surface area (Å²) in [7, 11) is 1.46. The molecule has 0 saturated carbocycles. The number of nitrogens with zero attached hydrogens (tertiary/aromatic N) is 2. The molecule has 0 bridgehead atoms. The van der Waals surface area contributed by atoms with E-state index in [1.54, 1.807) is 12.1 Å². The van der Waals surface area contributed by atoms with E-state index >= 15 is 0 Å². The normalized spacial score (nSPS) is 15.7. The number of carbonyl (C=O) groups is 1. The first kappa shape index (κ1) is 23.5. The first-order valence-corrected chi connectivity index (χ1v) is 11.0. The zero-order chi connectivity index (χ0) is 22.9. The number of hydrogen-bond acceptors (Lipinski definition) is 6. The predicted molar refractivity (Wildman–Crippen MR) is 124 cm³/mol. The lowest BCUT2D eigenvalue weighted by Gasteiger charge is -2.28. The molecule has 0 unspecified atom stereocenters. The quantitative estimate of drug-likeness (QED) is 0.224. The van der Waals surface area contributed by atoms with Crippen molar-refractivity contribution in [3.05, 3.63) is 69.3 Å². The van der Waals surface area contributed by atoms with Crippen LogP contribution >= 0.6 is 0 Å². The molecule has 0 spiro atoms. The number of likely N-dealkylation sites (tertiary alicyclic amines) is 1. The van der Waals surface area contributed by atoms with Gasteiger partial charge in [0.05, 0.1) is 18.6 Å². The van der Waals surface area contributed by atoms with Crippen molar-refractivity contribution in [3.63, 3.8) is 0 Å². The van der Waals surface area contributed by atoms with E-state index < -0.39 is 4.92 Å². The summed E-state index contributed by atoms with van der Waals surface area (Å²) in [5.74, 6) is 0.499. The van der Waals surface area contributed by atoms with Crippen molar-refractivity contribution in [2.75, 3.05) is 26.8 Å². The van der Waals surface area contributed by atoms with E-state index in [0.717, 1.165) is 25.8 Å². The maximum Gasteiger partial charge on any atom is 0.315 e. The third-order valence-corrected chi connectivity index (χ3v) is 5.47. The van der Waals surface area contributed by atoms with E-state index in [1.807, 2.05) is 18.2 Å². The fraction of sp³-hybridized carbons (Fsp3) is 0.400. The third-order valence-electron chi connectivity index (χ3n) is 5.47. The molecule has 1 aliphatic rings. The Morgan fingerprint density at radius 3 is 2.66 bits per heavy atom. The second-order valence-corrected chi connectivity index (χ2v) is 7.92. The van der Waals surface area contributed by atoms with Gasteiger partial charge >= 0.3 is 5.69 Å². The zero-order valence-corrected chi connectivity index (χ0v) is 18.7. The average molecular weight is 439 g/mol. The summed E-state index contributed by atoms with van der Waals surface area (Å²) in [5.41, 5.74) is 2.22. The van der Waals surface area contributed by atoms with E-state index in [4.69, 9.17) is 9.47 Å². The second kappa shape index (κ2) is 11.4. The average Bonchev–Trinajstić information content (AvgIpc) is 2.79. The number of hydrogen-bond donors (Lipinski definition) is 0. The Hall–Kier alpha value is -3.19. The van der Waals surface area contributed by atoms with Crippen molar-refractivity contribution >= 4 is 17.5 Å². The summed E-state index contributed by atoms with van der Waals surface area (Å²) in [5, 5.41) is 11.7. The van der Waals surface area contributed by atoms with Crippen molar-refractivity contribution in [2.45, 2.75) is 39.2 Å². The Balaban J connectivity index is 1.84. The smallest absolute Gasteiger partial charge is 0.315 e. The Bertz CT molecular complexity index is 972. The highest BCUT2D eigenvalue weighted by Gasteiger charge is 2.24. The number of nitro benzene ring substituents is 1. The standard InChI is InChI=1S/C25H30N2O5/c1-3-4-8-13-32-25-22(27(29)30)15-20(16-24(25)31-2)14-21-18-26(12-11-23(21)28)17-19-9-6-5-7-10-19/h5-7,9-10,14-16H,3-4,8,11-13,17-18H2,1-2H3/b21-14+. The van der Waals surface area contributed by atoms with Crippen LogP contribution in [0.4, 0.5) is 5.69 Å². The molecule has 1 aliphatic heterocycles. The van der Waals surface area contributed by atoms with Crippen molar-refractivity contribution in [1.82, 2.24) is 4.90 Å². The molecule has 1 fully saturated rings. The van der Waals surface area contributed by atoms with Crippen LogP contribution in [0.1, 0.15) is 43.7 Å². The van der Waals surface area contributed by atoms with Crippen LogP contribution < -0.4 is 9.47 Å². The SMILES string of the molecule is CCCCCOc1c(OC)cc(/C=C2\CN(Cc3ccccc3)CCC2=O)cc1[N+](=O)[O-]. The number of rotatable bonds is 10. The van der Waals surface area contributed by atoms with Gasteiger partial charge in [-0.15, -0.1) is 0 Å². The number of ketones is 1. The van der Waals surface area contributed by atoms with Crippen LogP contribution in [0.3, 0.4) is 0 Å². The monoisotopic (exact) mass is 438 g/mol. The molecule has 0 amide bonds. The first-order valence-electron chi connectivity index (χ1n) is 11.0. The van der Waals surface area contributed by atoms with E-state index in [0.29, 0.717) is 43.0 Å². The van der Waals surface area contributed by atoms with Crippen molar-refractivity contribution in [2.24, 2.45) is 0 Å². The number of unbranched alkanes of at least 4 members (excludes halogenated alkanes) is 2. The summed E-state index contributed by atoms with van der Waals surface area (Å²) in [6, 6.07) is 13.2. The van der Waals surface area contributed by atoms with Gasteiger partial charge in [-0.1, -0.05) is 50.1 Å². The van der Waals surface area contributed by atoms with Gasteiger partial charge in [-0.3, -0.25) is 19.8 Å². The molecule has 1 heterocycles. The number of Topliss-reactive ketones (excluding diaryl/α,β-unsaturated/α-hetero) is 1. The largest absolute Gasteiger partial charge is 0.493 e. The lowest BCUT2D eigenvalue weighted by atomic mass is 9.99. The van der Waals surface area contributed by atoms with E-state index in [9.17, 15) is 14.9 Å². The lowest BCUT2D eigenvalue weighted by Crippen LogP contribution is -2.35. The van der Waals surface area contributed by atoms with Gasteiger partial charge in [0, 0.05) is 37.7 Å². The highest BCUT2D eigenvalue weighted by Crippen LogP contribution is 2.39. The number of carbonyl (C=O) groups excluding carboxylic acids is 1. The molecule has 0 atom stereocenters. The van der Waals surface area contributed by atoms with Gasteiger partial charge < -0.3 is 9.47 Å². The lowest BCUT2D eigenvalue weighted by molar-refractivity contribution is -0.386. The molecule has 2 aromatic rings. The topological polar surface area (TPSA) is 81.9 Å². The first-order chi connectivity index (χ1) is 15.5. The number of methoxy groups -OCH3 is 1. The number of piperidine rings is 1. The minimum Gasteiger partial charge on any atom is -0.493 e. The molecule has 0 radical (unpaired) electrons. The van der Waals surface area contributed by atoms with Gasteiger partial charge in [-0.05, 0) is 29.7 Å². The van der Waals surface area contributed by atoms with Crippen LogP contribution in [0, 0.1) is 10.1 Å². The third kappa shape index (κ3) is 6.17. The minimum atomic E-state index is -0.468. The Morgan fingerprint density at radius 2 is 1.97 bits per heavy atom. The molecule has 1 saturated heterocycles. The summed E-state index contributed by atoms with van der Waals surface area (Å²) in [6.07, 6.45) is 4.99. The van der Waals surface area contributed by atoms with E-state index in [1.165, 1.54) is 18.7 Å². The molecule has 2 aromatic carbocycles. The van der Waals surface area contributed by atoms with Gasteiger partial charge in [0.2, 0.25) is 5.75 Å². The molecular weight excluding hydrogens is 408 g/mol. The number of ether oxygens (including phenoxy) is 2. The molecule has 32 heavy (non-hydrogen) atoms. The molecule has 7 nitrogen and oxygen atoms in total. The molecule has 170 valence electrons. The Kier molecular flexibility index (Phi) is 8.39. The zero-order valence-electron chi connectivity index (χ0n) is 18.7. The fourth-order valence-electron chi connectivity index (χ4n) is 3.78. The highest BCUT2D eigenvalue weighted by molar-refractivity contribution is 6.00.